The predicted octanol–water partition coefficient (Wildman–Crippen LogP) is -4.52. The average molecular weight is 1160 g/mol. The molecule has 0 spiro atoms. The number of nitrogens with two attached hydrogens (primary N) is 2. The number of H-pyrrole nitrogens is 2. The fourth-order valence-corrected chi connectivity index (χ4v) is 13.9. The Balaban J connectivity index is 0.960. The van der Waals surface area contributed by atoms with Crippen LogP contribution in [0.15, 0.2) is 45.6 Å². The van der Waals surface area contributed by atoms with Crippen molar-refractivity contribution in [1.29, 1.82) is 0 Å². The number of hydrogen-bond acceptors (Lipinski definition) is 28. The summed E-state index contributed by atoms with van der Waals surface area (Å²) in [5.74, 6) is -1.48. The van der Waals surface area contributed by atoms with E-state index in [4.69, 9.17) is 53.5 Å². The molecule has 5 aromatic rings. The van der Waals surface area contributed by atoms with Gasteiger partial charge in [-0.2, -0.15) is 8.62 Å². The Morgan fingerprint density at radius 1 is 0.803 bits per heavy atom. The molecule has 5 aromatic heterocycles. The Bertz CT molecular complexity index is 3300. The van der Waals surface area contributed by atoms with Crippen molar-refractivity contribution in [2.24, 2.45) is 13.0 Å². The molecule has 0 saturated carbocycles. The molecule has 12 N–H and O–H groups in total. The molecule has 76 heavy (non-hydrogen) atoms. The summed E-state index contributed by atoms with van der Waals surface area (Å²) in [6.07, 6.45) is -12.1. The number of imidazole rings is 2. The monoisotopic (exact) mass is 1160 g/mol. The lowest BCUT2D eigenvalue weighted by atomic mass is 9.99. The largest absolute Gasteiger partial charge is 0.778 e. The molecular formula is C35H50N12O25P4. The third-order valence-corrected chi connectivity index (χ3v) is 18.2. The molecule has 41 heteroatoms. The number of ether oxygens (including phenoxy) is 6. The molecule has 420 valence electrons. The highest BCUT2D eigenvalue weighted by Crippen LogP contribution is 2.68. The normalized spacial score (nSPS) is 30.1. The van der Waals surface area contributed by atoms with Gasteiger partial charge in [-0.3, -0.25) is 42.3 Å². The van der Waals surface area contributed by atoms with Crippen molar-refractivity contribution in [2.75, 3.05) is 65.3 Å². The lowest BCUT2D eigenvalue weighted by Gasteiger charge is -2.35. The van der Waals surface area contributed by atoms with Crippen LogP contribution in [0.5, 0.6) is 0 Å². The summed E-state index contributed by atoms with van der Waals surface area (Å²) in [6, 6.07) is 0.916. The minimum atomic E-state index is -6.23. The fourth-order valence-electron chi connectivity index (χ4n) is 8.63. The van der Waals surface area contributed by atoms with Gasteiger partial charge in [0.1, 0.15) is 50.0 Å². The average Bonchev–Trinajstić information content (AvgIpc) is 4.20. The van der Waals surface area contributed by atoms with Gasteiger partial charge in [0.05, 0.1) is 70.9 Å². The number of rotatable bonds is 23. The van der Waals surface area contributed by atoms with Crippen molar-refractivity contribution < 1.29 is 108 Å². The topological polar surface area (TPSA) is 519 Å². The lowest BCUT2D eigenvalue weighted by Crippen LogP contribution is -2.45. The molecule has 8 rings (SSSR count). The maximum Gasteiger partial charge on any atom is 0.490 e. The molecule has 37 nitrogen and oxygen atoms in total. The van der Waals surface area contributed by atoms with Crippen LogP contribution in [-0.2, 0) is 75.9 Å². The second-order valence-electron chi connectivity index (χ2n) is 16.9. The standard InChI is InChI=1S/C35H50N12O25P4/c1-44-14-47(29-21(44)30(52)43-34(37)42-29)31-22(49)15(8-64-7-6-62-2)16(68-31)9-66-74(56,57)71-76(60,61)72-75(58,59)67-11-18-26(25(63-3)33(70-18)46-13-40-20-27(36)38-12-39-28(20)46)73(54,55)65-10-17-23(50)24(51)32(69-17)45-5-4-19(48)41-35(45)53/h4-5,12-18,22-26,31-33,49-51H,6-11H2,1-3H3,(H9-,36,37,38,39,41,42,43,48,52,53,54,55,56,57,58,59,60,61)/t15-,16-,17-,18-,22-,23-,24-,25-,26-,31-,32-,33-/m1/s1. The summed E-state index contributed by atoms with van der Waals surface area (Å²) in [6.45, 7) is -3.56. The molecule has 0 aromatic carbocycles. The van der Waals surface area contributed by atoms with Crippen molar-refractivity contribution in [1.82, 2.24) is 43.6 Å². The predicted molar refractivity (Wildman–Crippen MR) is 245 cm³/mol. The van der Waals surface area contributed by atoms with Gasteiger partial charge in [-0.25, -0.2) is 38.0 Å². The minimum Gasteiger partial charge on any atom is -0.778 e. The summed E-state index contributed by atoms with van der Waals surface area (Å²) < 4.78 is 116. The Morgan fingerprint density at radius 3 is 2.14 bits per heavy atom. The van der Waals surface area contributed by atoms with E-state index in [1.165, 1.54) is 29.6 Å². The molecule has 0 bridgehead atoms. The summed E-state index contributed by atoms with van der Waals surface area (Å²) in [5, 5.41) is 32.9. The number of aliphatic hydroxyl groups excluding tert-OH is 3. The second-order valence-corrected chi connectivity index (χ2v) is 23.5. The van der Waals surface area contributed by atoms with Crippen molar-refractivity contribution in [3.05, 3.63) is 62.4 Å². The number of aliphatic hydroxyl groups is 3. The quantitative estimate of drug-likeness (QED) is 0.0167. The maximum atomic E-state index is 14.2. The van der Waals surface area contributed by atoms with E-state index < -0.39 is 141 Å². The second kappa shape index (κ2) is 22.6. The highest BCUT2D eigenvalue weighted by molar-refractivity contribution is 7.66. The van der Waals surface area contributed by atoms with Crippen molar-refractivity contribution >= 4 is 65.2 Å². The minimum absolute atomic E-state index is 0.0142. The van der Waals surface area contributed by atoms with Gasteiger partial charge >= 0.3 is 34.8 Å². The first-order chi connectivity index (χ1) is 35.7. The molecule has 3 aliphatic rings. The van der Waals surface area contributed by atoms with E-state index in [2.05, 4.69) is 33.5 Å². The highest BCUT2D eigenvalue weighted by atomic mass is 31.3. The van der Waals surface area contributed by atoms with Gasteiger partial charge < -0.3 is 83.9 Å². The molecule has 0 radical (unpaired) electrons. The van der Waals surface area contributed by atoms with E-state index >= 15 is 0 Å². The van der Waals surface area contributed by atoms with E-state index in [0.29, 0.717) is 0 Å². The first-order valence-electron chi connectivity index (χ1n) is 22.0. The summed E-state index contributed by atoms with van der Waals surface area (Å²) >= 11 is 0. The van der Waals surface area contributed by atoms with Gasteiger partial charge in [-0.05, 0) is 0 Å². The van der Waals surface area contributed by atoms with Gasteiger partial charge in [0.2, 0.25) is 11.7 Å². The van der Waals surface area contributed by atoms with Crippen LogP contribution in [-0.4, -0.2) is 176 Å². The van der Waals surface area contributed by atoms with Crippen LogP contribution in [0.4, 0.5) is 11.8 Å². The van der Waals surface area contributed by atoms with Crippen molar-refractivity contribution in [3.8, 4) is 0 Å². The van der Waals surface area contributed by atoms with Crippen molar-refractivity contribution in [2.45, 2.75) is 67.1 Å². The third kappa shape index (κ3) is 12.2. The maximum absolute atomic E-state index is 14.2. The molecule has 4 unspecified atom stereocenters. The number of nitrogens with zero attached hydrogens (tertiary/aromatic N) is 8. The zero-order valence-corrected chi connectivity index (χ0v) is 43.1. The van der Waals surface area contributed by atoms with Crippen LogP contribution in [0.1, 0.15) is 18.7 Å². The zero-order chi connectivity index (χ0) is 55.2. The fraction of sp³-hybridized carbons (Fsp3) is 0.600. The summed E-state index contributed by atoms with van der Waals surface area (Å²) in [7, 11) is -19.7. The number of methoxy groups -OCH3 is 2. The molecule has 3 fully saturated rings. The number of fused-ring (bicyclic) bond motifs is 2. The van der Waals surface area contributed by atoms with Gasteiger partial charge in [0.25, 0.3) is 17.1 Å². The van der Waals surface area contributed by atoms with E-state index in [9.17, 15) is 67.5 Å². The molecule has 16 atom stereocenters. The van der Waals surface area contributed by atoms with Crippen LogP contribution in [0.25, 0.3) is 22.3 Å². The van der Waals surface area contributed by atoms with E-state index in [1.54, 1.807) is 0 Å². The van der Waals surface area contributed by atoms with Crippen LogP contribution in [0.3, 0.4) is 0 Å². The number of aromatic amines is 2. The first-order valence-corrected chi connectivity index (χ1v) is 28.1. The van der Waals surface area contributed by atoms with E-state index in [1.807, 2.05) is 4.98 Å². The number of aryl methyl sites for hydroxylation is 1. The lowest BCUT2D eigenvalue weighted by molar-refractivity contribution is -0.745. The Morgan fingerprint density at radius 2 is 1.47 bits per heavy atom. The van der Waals surface area contributed by atoms with Gasteiger partial charge in [-0.15, -0.1) is 0 Å². The van der Waals surface area contributed by atoms with Gasteiger partial charge in [0, 0.05) is 32.4 Å². The summed E-state index contributed by atoms with van der Waals surface area (Å²) in [5.41, 5.74) is 7.09. The number of phosphoric ester groups is 2. The number of nitrogen functional groups attached to an aromatic ring is 2. The summed E-state index contributed by atoms with van der Waals surface area (Å²) in [4.78, 5) is 103. The molecule has 3 saturated heterocycles. The number of anilines is 2. The smallest absolute Gasteiger partial charge is 0.490 e. The SMILES string of the molecule is COCCOC[C@H]1[C@@H](O)[C@H]([n+]2cn(C)c3c(=O)[nH]c(N)nc32)O[C@@H]1COP(=O)(O)OP(=O)(O)OP(=O)(O)OC[C@H]1O[C@@H](n2cnc3c(N)ncnc32)[C@H](OC)[C@@H]1P(=O)([O-])OC[C@H]1O[C@@H](n2ccc(=O)[nH]c2=O)[C@H](O)[C@@H]1O. The molecule has 0 amide bonds. The molecule has 0 aliphatic carbocycles. The van der Waals surface area contributed by atoms with Crippen molar-refractivity contribution in [3.63, 3.8) is 0 Å². The Kier molecular flexibility index (Phi) is 17.1. The van der Waals surface area contributed by atoms with Crippen LogP contribution in [0.2, 0.25) is 0 Å². The van der Waals surface area contributed by atoms with E-state index in [-0.39, 0.29) is 53.9 Å². The number of phosphoric acid groups is 3. The molecular weight excluding hydrogens is 1110 g/mol. The van der Waals surface area contributed by atoms with Gasteiger partial charge in [-0.1, -0.05) is 4.98 Å². The molecule has 3 aliphatic heterocycles. The molecule has 8 heterocycles. The number of nitrogens with one attached hydrogen (secondary N) is 2. The number of hydrogen-bond donors (Lipinski definition) is 10. The highest BCUT2D eigenvalue weighted by Gasteiger charge is 2.55. The van der Waals surface area contributed by atoms with Crippen LogP contribution >= 0.6 is 31.1 Å². The van der Waals surface area contributed by atoms with Crippen LogP contribution in [0, 0.1) is 5.92 Å². The Labute approximate surface area is 424 Å². The Hall–Kier alpha value is -4.62. The van der Waals surface area contributed by atoms with Gasteiger partial charge in [0.15, 0.2) is 30.2 Å². The van der Waals surface area contributed by atoms with Crippen LogP contribution < -0.4 is 37.7 Å². The zero-order valence-electron chi connectivity index (χ0n) is 39.5. The first kappa shape index (κ1) is 57.6. The number of aromatic nitrogens is 10. The van der Waals surface area contributed by atoms with E-state index in [0.717, 1.165) is 41.2 Å². The third-order valence-electron chi connectivity index (χ3n) is 12.0.